The molecule has 0 atom stereocenters. The Labute approximate surface area is 295 Å². The van der Waals surface area contributed by atoms with Crippen LogP contribution in [0.3, 0.4) is 0 Å². The van der Waals surface area contributed by atoms with Crippen molar-refractivity contribution in [2.24, 2.45) is 0 Å². The van der Waals surface area contributed by atoms with E-state index < -0.39 is 256 Å². The van der Waals surface area contributed by atoms with E-state index in [1.807, 2.05) is 0 Å². The molecule has 0 N–H and O–H groups in total. The van der Waals surface area contributed by atoms with Gasteiger partial charge < -0.3 is 0 Å². The minimum absolute atomic E-state index is 0.501. The molecule has 0 unspecified atom stereocenters. The molecular formula is C44H28. The second-order valence-electron chi connectivity index (χ2n) is 9.50. The van der Waals surface area contributed by atoms with Crippen molar-refractivity contribution >= 4 is 53.9 Å². The highest BCUT2D eigenvalue weighted by molar-refractivity contribution is 6.22. The summed E-state index contributed by atoms with van der Waals surface area (Å²) in [4.78, 5) is 0. The van der Waals surface area contributed by atoms with Crippen molar-refractivity contribution in [2.75, 3.05) is 0 Å². The zero-order valence-electron chi connectivity index (χ0n) is 50.0. The van der Waals surface area contributed by atoms with Crippen LogP contribution in [0.15, 0.2) is 169 Å². The van der Waals surface area contributed by atoms with Crippen LogP contribution < -0.4 is 0 Å². The summed E-state index contributed by atoms with van der Waals surface area (Å²) in [5.41, 5.74) is -4.55. The van der Waals surface area contributed by atoms with Crippen LogP contribution in [0.4, 0.5) is 0 Å². The van der Waals surface area contributed by atoms with Gasteiger partial charge in [0.15, 0.2) is 0 Å². The molecule has 204 valence electrons. The highest BCUT2D eigenvalue weighted by Crippen LogP contribution is 2.45. The van der Waals surface area contributed by atoms with Crippen LogP contribution in [-0.4, -0.2) is 0 Å². The van der Waals surface area contributed by atoms with Gasteiger partial charge in [0.1, 0.15) is 0 Å². The lowest BCUT2D eigenvalue weighted by atomic mass is 9.85. The molecule has 0 aromatic heterocycles. The molecule has 0 nitrogen and oxygen atoms in total. The summed E-state index contributed by atoms with van der Waals surface area (Å²) in [5, 5.41) is -6.66. The molecule has 9 rings (SSSR count). The number of fused-ring (bicyclic) bond motifs is 6. The van der Waals surface area contributed by atoms with Crippen molar-refractivity contribution in [3.8, 4) is 33.4 Å². The van der Waals surface area contributed by atoms with E-state index in [1.165, 1.54) is 0 Å². The van der Waals surface area contributed by atoms with Crippen LogP contribution in [0.2, 0.25) is 0 Å². The van der Waals surface area contributed by atoms with Gasteiger partial charge in [0.2, 0.25) is 0 Å². The lowest BCUT2D eigenvalue weighted by molar-refractivity contribution is 1.64. The maximum Gasteiger partial charge on any atom is 0.0636 e. The second-order valence-corrected chi connectivity index (χ2v) is 9.50. The Morgan fingerprint density at radius 1 is 0.250 bits per heavy atom. The van der Waals surface area contributed by atoms with Gasteiger partial charge in [-0.05, 0) is 105 Å². The van der Waals surface area contributed by atoms with Crippen molar-refractivity contribution in [1.29, 1.82) is 0 Å². The Balaban J connectivity index is 1.57. The van der Waals surface area contributed by atoms with E-state index in [0.717, 1.165) is 0 Å². The van der Waals surface area contributed by atoms with Gasteiger partial charge >= 0.3 is 0 Å². The third-order valence-electron chi connectivity index (χ3n) is 7.06. The van der Waals surface area contributed by atoms with Crippen molar-refractivity contribution in [3.05, 3.63) is 169 Å². The third kappa shape index (κ3) is 3.92. The molecule has 0 heteroatoms. The summed E-state index contributed by atoms with van der Waals surface area (Å²) in [7, 11) is 0. The first-order chi connectivity index (χ1) is 33.5. The van der Waals surface area contributed by atoms with Crippen LogP contribution in [0.5, 0.6) is 0 Å². The highest BCUT2D eigenvalue weighted by atomic mass is 14.2. The zero-order chi connectivity index (χ0) is 53.4. The summed E-state index contributed by atoms with van der Waals surface area (Å²) in [6, 6.07) is -26.0. The number of hydrogen-bond donors (Lipinski definition) is 0. The first-order valence-corrected chi connectivity index (χ1v) is 13.0. The average molecular weight is 585 g/mol. The maximum absolute atomic E-state index is 9.67. The zero-order valence-corrected chi connectivity index (χ0v) is 22.0. The molecule has 0 saturated heterocycles. The number of hydrogen-bond acceptors (Lipinski definition) is 0. The Hall–Kier alpha value is -5.72. The molecule has 0 aliphatic carbocycles. The van der Waals surface area contributed by atoms with Gasteiger partial charge in [-0.1, -0.05) is 151 Å². The topological polar surface area (TPSA) is 0 Å². The fraction of sp³-hybridized carbons (Fsp3) is 0. The highest BCUT2D eigenvalue weighted by Gasteiger charge is 2.17. The largest absolute Gasteiger partial charge is 0.0636 e. The van der Waals surface area contributed by atoms with Crippen LogP contribution in [-0.2, 0) is 0 Å². The Kier molecular flexibility index (Phi) is 2.18. The van der Waals surface area contributed by atoms with Gasteiger partial charge in [-0.3, -0.25) is 0 Å². The van der Waals surface area contributed by atoms with Crippen molar-refractivity contribution < 1.29 is 38.4 Å². The first kappa shape index (κ1) is 9.64. The van der Waals surface area contributed by atoms with Gasteiger partial charge in [0.25, 0.3) is 0 Å². The lowest BCUT2D eigenvalue weighted by Gasteiger charge is -2.18. The molecule has 9 aromatic carbocycles. The van der Waals surface area contributed by atoms with Crippen LogP contribution in [0.1, 0.15) is 38.4 Å². The molecule has 0 radical (unpaired) electrons. The van der Waals surface area contributed by atoms with Gasteiger partial charge in [-0.25, -0.2) is 0 Å². The molecule has 0 fully saturated rings. The SMILES string of the molecule is [2H]c1c([2H])c([2H])c(-c2c([2H])c([2H])c3c([2H])c(-c4c5c([2H])c([2H])c([2H])c([2H])c5c(-c5c([2H])c([2H])c6c(c5[2H])c([2H])c([2H])c5c([2H])c([2H])c([2H])c([2H])c56)c5c([2H])c([2H])c([2H])c([2H])c45)c([2H])c([2H])c3c2[2H])c([2H])c1[2H]. The Morgan fingerprint density at radius 2 is 0.659 bits per heavy atom. The van der Waals surface area contributed by atoms with Crippen LogP contribution >= 0.6 is 0 Å². The van der Waals surface area contributed by atoms with E-state index in [-0.39, 0.29) is 0 Å². The average Bonchev–Trinajstić information content (AvgIpc) is 3.34. The smallest absolute Gasteiger partial charge is 0.0622 e. The van der Waals surface area contributed by atoms with Gasteiger partial charge in [-0.15, -0.1) is 0 Å². The first-order valence-electron chi connectivity index (χ1n) is 27.0. The van der Waals surface area contributed by atoms with E-state index in [4.69, 9.17) is 21.9 Å². The maximum atomic E-state index is 9.67. The lowest BCUT2D eigenvalue weighted by Crippen LogP contribution is -1.91. The summed E-state index contributed by atoms with van der Waals surface area (Å²) in [6.07, 6.45) is 0. The van der Waals surface area contributed by atoms with Gasteiger partial charge in [0, 0.05) is 0 Å². The minimum Gasteiger partial charge on any atom is -0.0622 e. The summed E-state index contributed by atoms with van der Waals surface area (Å²) < 4.78 is 251. The van der Waals surface area contributed by atoms with Crippen molar-refractivity contribution in [2.45, 2.75) is 0 Å². The minimum atomic E-state index is -1.06. The van der Waals surface area contributed by atoms with Crippen molar-refractivity contribution in [3.63, 3.8) is 0 Å². The summed E-state index contributed by atoms with van der Waals surface area (Å²) >= 11 is 0. The van der Waals surface area contributed by atoms with E-state index in [9.17, 15) is 16.4 Å². The molecule has 0 aliphatic heterocycles. The molecule has 0 amide bonds. The molecule has 0 bridgehead atoms. The predicted molar refractivity (Wildman–Crippen MR) is 190 cm³/mol. The Morgan fingerprint density at radius 3 is 1.30 bits per heavy atom. The normalized spacial score (nSPS) is 20.5. The predicted octanol–water partition coefficient (Wildman–Crippen LogP) is 12.5. The fourth-order valence-corrected chi connectivity index (χ4v) is 5.16. The number of rotatable bonds is 3. The van der Waals surface area contributed by atoms with Crippen LogP contribution in [0, 0.1) is 0 Å². The molecule has 44 heavy (non-hydrogen) atoms. The van der Waals surface area contributed by atoms with Gasteiger partial charge in [-0.2, -0.15) is 0 Å². The third-order valence-corrected chi connectivity index (χ3v) is 7.06. The van der Waals surface area contributed by atoms with Crippen LogP contribution in [0.25, 0.3) is 87.2 Å². The summed E-state index contributed by atoms with van der Waals surface area (Å²) in [6.45, 7) is 0. The molecule has 0 aliphatic rings. The molecule has 0 heterocycles. The van der Waals surface area contributed by atoms with E-state index in [1.54, 1.807) is 0 Å². The molecule has 0 spiro atoms. The standard InChI is InChI=1S/C44H28/c1-2-10-29(11-3-1)31-19-20-33-27-35(23-21-32(33)26-31)43-39-14-6-8-16-41(39)44(42-17-9-7-15-40(42)43)36-24-25-38-34(28-36)22-18-30-12-4-5-13-37(30)38/h1-28H/i1D,2D,3D,4D,5D,6D,7D,8D,9D,10D,11D,12D,13D,14D,15D,16D,17D,18D,19D,20D,21D,22D,23D,24D,25D,26D,27D,28D. The number of benzene rings is 9. The molecular weight excluding hydrogens is 528 g/mol. The Bertz CT molecular complexity index is 4010. The monoisotopic (exact) mass is 584 g/mol. The summed E-state index contributed by atoms with van der Waals surface area (Å²) in [5.74, 6) is 0. The fourth-order valence-electron chi connectivity index (χ4n) is 5.16. The van der Waals surface area contributed by atoms with E-state index in [0.29, 0.717) is 0 Å². The van der Waals surface area contributed by atoms with Gasteiger partial charge in [0.05, 0.1) is 38.4 Å². The van der Waals surface area contributed by atoms with E-state index >= 15 is 0 Å². The van der Waals surface area contributed by atoms with Crippen molar-refractivity contribution in [1.82, 2.24) is 0 Å². The quantitative estimate of drug-likeness (QED) is 0.143. The second kappa shape index (κ2) is 9.93. The van der Waals surface area contributed by atoms with E-state index in [2.05, 4.69) is 0 Å². The molecule has 0 saturated carbocycles. The molecule has 9 aromatic rings.